The fourth-order valence-corrected chi connectivity index (χ4v) is 8.70. The highest BCUT2D eigenvalue weighted by molar-refractivity contribution is 5.85. The number of ketones is 1. The second-order valence-corrected chi connectivity index (χ2v) is 12.0. The minimum atomic E-state index is 0.248. The number of Topliss-reactive ketones (excluding diaryl/α,β-unsaturated/α-hetero) is 1. The molecule has 0 radical (unpaired) electrons. The van der Waals surface area contributed by atoms with Crippen LogP contribution in [0.5, 0.6) is 0 Å². The summed E-state index contributed by atoms with van der Waals surface area (Å²) < 4.78 is 0. The number of carbonyl (C=O) groups is 1. The standard InChI is InChI=1S/C27H44O/c1-18(2)9-8-10-19(3)25-24(28)17-23-21-13-12-20-11-6-7-15-26(20,4)22(21)14-16-27(23,25)5/h8,10,18-23,25H,6-7,9,11-17H2,1-5H3/b10-8-/t19-,20-,21-,22+,23+,25+,26+,27+/m1/s1. The van der Waals surface area contributed by atoms with Crippen LogP contribution in [-0.4, -0.2) is 5.78 Å². The summed E-state index contributed by atoms with van der Waals surface area (Å²) in [5.41, 5.74) is 0.824. The minimum absolute atomic E-state index is 0.248. The zero-order chi connectivity index (χ0) is 20.1. The van der Waals surface area contributed by atoms with Crippen LogP contribution in [0.3, 0.4) is 0 Å². The van der Waals surface area contributed by atoms with Crippen molar-refractivity contribution in [2.24, 2.45) is 52.3 Å². The lowest BCUT2D eigenvalue weighted by Crippen LogP contribution is -2.53. The third-order valence-corrected chi connectivity index (χ3v) is 10.1. The molecule has 4 saturated carbocycles. The lowest BCUT2D eigenvalue weighted by atomic mass is 9.44. The van der Waals surface area contributed by atoms with Crippen LogP contribution in [0, 0.1) is 52.3 Å². The van der Waals surface area contributed by atoms with Crippen LogP contribution in [0.4, 0.5) is 0 Å². The van der Waals surface area contributed by atoms with Crippen LogP contribution >= 0.6 is 0 Å². The molecule has 0 aromatic heterocycles. The van der Waals surface area contributed by atoms with Crippen molar-refractivity contribution in [3.8, 4) is 0 Å². The Morgan fingerprint density at radius 3 is 2.50 bits per heavy atom. The first kappa shape index (κ1) is 20.7. The molecule has 8 atom stereocenters. The Labute approximate surface area is 174 Å². The van der Waals surface area contributed by atoms with Gasteiger partial charge in [-0.25, -0.2) is 0 Å². The number of allylic oxidation sites excluding steroid dienone is 2. The molecule has 4 rings (SSSR count). The molecule has 4 aliphatic carbocycles. The van der Waals surface area contributed by atoms with Gasteiger partial charge in [-0.2, -0.15) is 0 Å². The molecule has 0 N–H and O–H groups in total. The van der Waals surface area contributed by atoms with Gasteiger partial charge in [0.1, 0.15) is 5.78 Å². The highest BCUT2D eigenvalue weighted by Gasteiger charge is 2.62. The third-order valence-electron chi connectivity index (χ3n) is 10.1. The van der Waals surface area contributed by atoms with Gasteiger partial charge in [-0.1, -0.05) is 59.6 Å². The average molecular weight is 385 g/mol. The second kappa shape index (κ2) is 7.59. The molecule has 158 valence electrons. The van der Waals surface area contributed by atoms with E-state index >= 15 is 0 Å². The maximum Gasteiger partial charge on any atom is 0.137 e. The van der Waals surface area contributed by atoms with Crippen molar-refractivity contribution in [1.82, 2.24) is 0 Å². The zero-order valence-electron chi connectivity index (χ0n) is 19.2. The molecule has 0 spiro atoms. The van der Waals surface area contributed by atoms with Gasteiger partial charge in [0.2, 0.25) is 0 Å². The molecule has 28 heavy (non-hydrogen) atoms. The Bertz CT molecular complexity index is 618. The summed E-state index contributed by atoms with van der Waals surface area (Å²) in [6.45, 7) is 12.0. The van der Waals surface area contributed by atoms with E-state index in [4.69, 9.17) is 0 Å². The number of rotatable bonds is 4. The van der Waals surface area contributed by atoms with E-state index in [1.807, 2.05) is 0 Å². The van der Waals surface area contributed by atoms with Gasteiger partial charge >= 0.3 is 0 Å². The van der Waals surface area contributed by atoms with Gasteiger partial charge in [-0.05, 0) is 91.3 Å². The molecule has 0 heterocycles. The molecule has 0 aromatic rings. The van der Waals surface area contributed by atoms with Crippen molar-refractivity contribution in [2.45, 2.75) is 98.8 Å². The predicted octanol–water partition coefficient (Wildman–Crippen LogP) is 7.45. The van der Waals surface area contributed by atoms with Crippen molar-refractivity contribution >= 4 is 5.78 Å². The van der Waals surface area contributed by atoms with E-state index < -0.39 is 0 Å². The third kappa shape index (κ3) is 3.24. The van der Waals surface area contributed by atoms with Gasteiger partial charge in [0.05, 0.1) is 0 Å². The summed E-state index contributed by atoms with van der Waals surface area (Å²) in [6.07, 6.45) is 18.1. The molecule has 1 heteroatoms. The van der Waals surface area contributed by atoms with Gasteiger partial charge in [0, 0.05) is 12.3 Å². The van der Waals surface area contributed by atoms with Gasteiger partial charge in [-0.3, -0.25) is 4.79 Å². The monoisotopic (exact) mass is 384 g/mol. The van der Waals surface area contributed by atoms with E-state index in [2.05, 4.69) is 46.8 Å². The van der Waals surface area contributed by atoms with Crippen molar-refractivity contribution in [3.63, 3.8) is 0 Å². The van der Waals surface area contributed by atoms with E-state index in [1.54, 1.807) is 0 Å². The van der Waals surface area contributed by atoms with Crippen LogP contribution < -0.4 is 0 Å². The van der Waals surface area contributed by atoms with Crippen molar-refractivity contribution in [3.05, 3.63) is 12.2 Å². The molecule has 0 aliphatic heterocycles. The SMILES string of the molecule is CC(C)C/C=C\[C@@H](C)[C@H]1C(=O)C[C@H]2[C@@H]3CC[C@H]4CCCC[C@]4(C)[C@H]3CC[C@]12C. The Kier molecular flexibility index (Phi) is 5.60. The lowest BCUT2D eigenvalue weighted by molar-refractivity contribution is -0.125. The molecular formula is C27H44O. The van der Waals surface area contributed by atoms with Gasteiger partial charge in [-0.15, -0.1) is 0 Å². The van der Waals surface area contributed by atoms with E-state index in [1.165, 1.54) is 51.4 Å². The Balaban J connectivity index is 1.55. The maximum absolute atomic E-state index is 13.3. The second-order valence-electron chi connectivity index (χ2n) is 12.0. The molecule has 0 aromatic carbocycles. The summed E-state index contributed by atoms with van der Waals surface area (Å²) in [5.74, 6) is 5.29. The number of carbonyl (C=O) groups excluding carboxylic acids is 1. The van der Waals surface area contributed by atoms with Gasteiger partial charge < -0.3 is 0 Å². The highest BCUT2D eigenvalue weighted by atomic mass is 16.1. The molecule has 0 saturated heterocycles. The Morgan fingerprint density at radius 1 is 0.964 bits per heavy atom. The van der Waals surface area contributed by atoms with Crippen LogP contribution in [0.1, 0.15) is 98.8 Å². The fraction of sp³-hybridized carbons (Fsp3) is 0.889. The normalized spacial score (nSPS) is 47.1. The highest BCUT2D eigenvalue weighted by Crippen LogP contribution is 2.67. The predicted molar refractivity (Wildman–Crippen MR) is 118 cm³/mol. The number of hydrogen-bond donors (Lipinski definition) is 0. The first-order valence-electron chi connectivity index (χ1n) is 12.5. The van der Waals surface area contributed by atoms with E-state index in [0.717, 1.165) is 30.6 Å². The largest absolute Gasteiger partial charge is 0.299 e. The Hall–Kier alpha value is -0.590. The van der Waals surface area contributed by atoms with Crippen molar-refractivity contribution in [1.29, 1.82) is 0 Å². The molecule has 0 unspecified atom stereocenters. The van der Waals surface area contributed by atoms with Gasteiger partial charge in [0.15, 0.2) is 0 Å². The minimum Gasteiger partial charge on any atom is -0.299 e. The lowest BCUT2D eigenvalue weighted by Gasteiger charge is -2.60. The fourth-order valence-electron chi connectivity index (χ4n) is 8.70. The first-order chi connectivity index (χ1) is 13.3. The van der Waals surface area contributed by atoms with Crippen LogP contribution in [-0.2, 0) is 4.79 Å². The smallest absolute Gasteiger partial charge is 0.137 e. The van der Waals surface area contributed by atoms with E-state index in [-0.39, 0.29) is 11.3 Å². The van der Waals surface area contributed by atoms with Crippen LogP contribution in [0.25, 0.3) is 0 Å². The van der Waals surface area contributed by atoms with E-state index in [0.29, 0.717) is 29.0 Å². The topological polar surface area (TPSA) is 17.1 Å². The zero-order valence-corrected chi connectivity index (χ0v) is 19.2. The molecule has 4 aliphatic rings. The number of fused-ring (bicyclic) bond motifs is 5. The molecular weight excluding hydrogens is 340 g/mol. The van der Waals surface area contributed by atoms with Crippen LogP contribution in [0.2, 0.25) is 0 Å². The molecule has 4 fully saturated rings. The molecule has 1 nitrogen and oxygen atoms in total. The van der Waals surface area contributed by atoms with Gasteiger partial charge in [0.25, 0.3) is 0 Å². The summed E-state index contributed by atoms with van der Waals surface area (Å²) in [6, 6.07) is 0. The average Bonchev–Trinajstić information content (AvgIpc) is 2.91. The van der Waals surface area contributed by atoms with Crippen molar-refractivity contribution < 1.29 is 4.79 Å². The first-order valence-corrected chi connectivity index (χ1v) is 12.5. The van der Waals surface area contributed by atoms with Crippen LogP contribution in [0.15, 0.2) is 12.2 Å². The molecule has 0 bridgehead atoms. The maximum atomic E-state index is 13.3. The number of hydrogen-bond acceptors (Lipinski definition) is 1. The summed E-state index contributed by atoms with van der Waals surface area (Å²) in [7, 11) is 0. The molecule has 0 amide bonds. The summed E-state index contributed by atoms with van der Waals surface area (Å²) >= 11 is 0. The summed E-state index contributed by atoms with van der Waals surface area (Å²) in [4.78, 5) is 13.3. The quantitative estimate of drug-likeness (QED) is 0.460. The van der Waals surface area contributed by atoms with E-state index in [9.17, 15) is 4.79 Å². The summed E-state index contributed by atoms with van der Waals surface area (Å²) in [5, 5.41) is 0. The van der Waals surface area contributed by atoms with Crippen molar-refractivity contribution in [2.75, 3.05) is 0 Å². The Morgan fingerprint density at radius 2 is 1.75 bits per heavy atom.